The zero-order valence-corrected chi connectivity index (χ0v) is 9.98. The average Bonchev–Trinajstić information content (AvgIpc) is 2.76. The minimum atomic E-state index is -0.443. The summed E-state index contributed by atoms with van der Waals surface area (Å²) in [5.74, 6) is 0.0691. The lowest BCUT2D eigenvalue weighted by atomic mass is 10.1. The molecule has 1 aromatic heterocycles. The van der Waals surface area contributed by atoms with Crippen LogP contribution in [0.1, 0.15) is 0 Å². The van der Waals surface area contributed by atoms with Crippen molar-refractivity contribution >= 4 is 28.1 Å². The van der Waals surface area contributed by atoms with Crippen LogP contribution in [0.4, 0.5) is 10.8 Å². The SMILES string of the molecule is NC(N)=[NH+]c1nc(-c2ccc([N+](=O)[O-])cc2)cs1. The second-order valence-electron chi connectivity index (χ2n) is 3.42. The van der Waals surface area contributed by atoms with E-state index in [1.54, 1.807) is 12.1 Å². The highest BCUT2D eigenvalue weighted by molar-refractivity contribution is 7.13. The number of hydrogen-bond acceptors (Lipinski definition) is 4. The van der Waals surface area contributed by atoms with Crippen LogP contribution >= 0.6 is 11.3 Å². The molecule has 2 rings (SSSR count). The van der Waals surface area contributed by atoms with Crippen molar-refractivity contribution in [3.8, 4) is 11.3 Å². The number of nitrogens with zero attached hydrogens (tertiary/aromatic N) is 2. The maximum Gasteiger partial charge on any atom is 0.303 e. The molecule has 0 unspecified atom stereocenters. The van der Waals surface area contributed by atoms with Gasteiger partial charge in [0, 0.05) is 23.1 Å². The molecule has 0 saturated heterocycles. The second-order valence-corrected chi connectivity index (χ2v) is 4.28. The first-order chi connectivity index (χ1) is 8.56. The van der Waals surface area contributed by atoms with Crippen molar-refractivity contribution in [2.45, 2.75) is 0 Å². The predicted molar refractivity (Wildman–Crippen MR) is 68.2 cm³/mol. The fourth-order valence-corrected chi connectivity index (χ4v) is 2.08. The molecule has 92 valence electrons. The molecule has 0 saturated carbocycles. The third-order valence-electron chi connectivity index (χ3n) is 2.13. The van der Waals surface area contributed by atoms with Gasteiger partial charge in [0.05, 0.1) is 4.92 Å². The van der Waals surface area contributed by atoms with Gasteiger partial charge >= 0.3 is 5.96 Å². The van der Waals surface area contributed by atoms with Crippen LogP contribution in [-0.2, 0) is 0 Å². The summed E-state index contributed by atoms with van der Waals surface area (Å²) in [4.78, 5) is 17.0. The van der Waals surface area contributed by atoms with E-state index in [4.69, 9.17) is 11.5 Å². The Morgan fingerprint density at radius 3 is 2.56 bits per heavy atom. The third-order valence-corrected chi connectivity index (χ3v) is 2.89. The van der Waals surface area contributed by atoms with Gasteiger partial charge in [0.25, 0.3) is 10.8 Å². The molecule has 18 heavy (non-hydrogen) atoms. The van der Waals surface area contributed by atoms with E-state index in [0.717, 1.165) is 5.56 Å². The number of aromatic nitrogens is 1. The highest BCUT2D eigenvalue weighted by Gasteiger charge is 2.10. The molecule has 0 fully saturated rings. The number of benzene rings is 1. The smallest absolute Gasteiger partial charge is 0.303 e. The number of non-ortho nitro benzene ring substituents is 1. The largest absolute Gasteiger partial charge is 0.311 e. The molecule has 0 aliphatic heterocycles. The summed E-state index contributed by atoms with van der Waals surface area (Å²) in [6, 6.07) is 6.16. The molecule has 5 N–H and O–H groups in total. The number of nitrogens with two attached hydrogens (primary N) is 2. The van der Waals surface area contributed by atoms with E-state index in [-0.39, 0.29) is 11.6 Å². The van der Waals surface area contributed by atoms with Crippen molar-refractivity contribution in [2.24, 2.45) is 11.5 Å². The predicted octanol–water partition coefficient (Wildman–Crippen LogP) is -0.296. The topological polar surface area (TPSA) is 122 Å². The van der Waals surface area contributed by atoms with E-state index in [0.29, 0.717) is 10.8 Å². The van der Waals surface area contributed by atoms with Crippen LogP contribution in [0.25, 0.3) is 11.3 Å². The molecule has 0 spiro atoms. The minimum Gasteiger partial charge on any atom is -0.311 e. The van der Waals surface area contributed by atoms with Crippen LogP contribution in [0, 0.1) is 10.1 Å². The summed E-state index contributed by atoms with van der Waals surface area (Å²) in [5.41, 5.74) is 12.1. The zero-order valence-electron chi connectivity index (χ0n) is 9.16. The van der Waals surface area contributed by atoms with Crippen LogP contribution in [0.3, 0.4) is 0 Å². The van der Waals surface area contributed by atoms with Gasteiger partial charge in [-0.25, -0.2) is 4.99 Å². The monoisotopic (exact) mass is 264 g/mol. The number of nitro groups is 1. The van der Waals surface area contributed by atoms with Gasteiger partial charge in [-0.05, 0) is 12.1 Å². The summed E-state index contributed by atoms with van der Waals surface area (Å²) in [7, 11) is 0. The molecule has 0 amide bonds. The fourth-order valence-electron chi connectivity index (χ4n) is 1.34. The lowest BCUT2D eigenvalue weighted by molar-refractivity contribution is -0.384. The Hall–Kier alpha value is -2.48. The summed E-state index contributed by atoms with van der Waals surface area (Å²) in [6.07, 6.45) is 0. The Morgan fingerprint density at radius 2 is 2.00 bits per heavy atom. The summed E-state index contributed by atoms with van der Waals surface area (Å²) in [5, 5.41) is 12.9. The molecule has 0 radical (unpaired) electrons. The number of hydrogen-bond donors (Lipinski definition) is 3. The number of nitrogens with one attached hydrogen (secondary N) is 1. The summed E-state index contributed by atoms with van der Waals surface area (Å²) >= 11 is 1.35. The quantitative estimate of drug-likeness (QED) is 0.304. The maximum atomic E-state index is 10.5. The van der Waals surface area contributed by atoms with Gasteiger partial charge in [0.2, 0.25) is 0 Å². The van der Waals surface area contributed by atoms with Crippen LogP contribution in [-0.4, -0.2) is 15.9 Å². The standard InChI is InChI=1S/C10H9N5O2S/c11-9(12)14-10-13-8(5-18-10)6-1-3-7(4-2-6)15(16)17/h1-5H,(H4,11,12,13,14)/p+1. The molecule has 0 bridgehead atoms. The Labute approximate surface area is 106 Å². The Bertz CT molecular complexity index is 601. The first-order valence-electron chi connectivity index (χ1n) is 4.91. The van der Waals surface area contributed by atoms with E-state index >= 15 is 0 Å². The van der Waals surface area contributed by atoms with E-state index in [2.05, 4.69) is 9.98 Å². The zero-order chi connectivity index (χ0) is 13.1. The van der Waals surface area contributed by atoms with Crippen molar-refractivity contribution in [1.29, 1.82) is 0 Å². The summed E-state index contributed by atoms with van der Waals surface area (Å²) in [6.45, 7) is 0. The average molecular weight is 264 g/mol. The van der Waals surface area contributed by atoms with Gasteiger partial charge < -0.3 is 11.5 Å². The van der Waals surface area contributed by atoms with E-state index in [9.17, 15) is 10.1 Å². The molecule has 2 aromatic rings. The molecule has 8 heteroatoms. The van der Waals surface area contributed by atoms with Gasteiger partial charge in [0.1, 0.15) is 5.69 Å². The van der Waals surface area contributed by atoms with Crippen molar-refractivity contribution < 1.29 is 9.92 Å². The number of nitro benzene ring substituents is 1. The highest BCUT2D eigenvalue weighted by Crippen LogP contribution is 2.24. The van der Waals surface area contributed by atoms with Gasteiger partial charge in [-0.1, -0.05) is 11.3 Å². The van der Waals surface area contributed by atoms with Crippen molar-refractivity contribution in [2.75, 3.05) is 0 Å². The third kappa shape index (κ3) is 2.61. The van der Waals surface area contributed by atoms with Crippen LogP contribution in [0.15, 0.2) is 29.6 Å². The van der Waals surface area contributed by atoms with Crippen LogP contribution in [0.5, 0.6) is 0 Å². The normalized spacial score (nSPS) is 10.0. The molecule has 0 aliphatic rings. The number of guanidine groups is 1. The minimum absolute atomic E-state index is 0.0480. The molecule has 0 aliphatic carbocycles. The van der Waals surface area contributed by atoms with Crippen molar-refractivity contribution in [1.82, 2.24) is 4.98 Å². The molecule has 0 atom stereocenters. The van der Waals surface area contributed by atoms with Gasteiger partial charge in [0.15, 0.2) is 0 Å². The Morgan fingerprint density at radius 1 is 1.33 bits per heavy atom. The molecule has 1 aromatic carbocycles. The highest BCUT2D eigenvalue weighted by atomic mass is 32.1. The Kier molecular flexibility index (Phi) is 3.20. The molecule has 1 heterocycles. The fraction of sp³-hybridized carbons (Fsp3) is 0. The lowest BCUT2D eigenvalue weighted by Crippen LogP contribution is -2.72. The van der Waals surface area contributed by atoms with Gasteiger partial charge in [-0.3, -0.25) is 10.1 Å². The molecular formula is C10H10N5O2S+. The van der Waals surface area contributed by atoms with Crippen molar-refractivity contribution in [3.05, 3.63) is 39.8 Å². The van der Waals surface area contributed by atoms with Gasteiger partial charge in [-0.15, -0.1) is 4.98 Å². The van der Waals surface area contributed by atoms with Crippen LogP contribution in [0.2, 0.25) is 0 Å². The first-order valence-corrected chi connectivity index (χ1v) is 5.79. The summed E-state index contributed by atoms with van der Waals surface area (Å²) < 4.78 is 0. The second kappa shape index (κ2) is 4.80. The van der Waals surface area contributed by atoms with E-state index in [1.807, 2.05) is 5.38 Å². The molecule has 7 nitrogen and oxygen atoms in total. The maximum absolute atomic E-state index is 10.5. The molecular weight excluding hydrogens is 254 g/mol. The lowest BCUT2D eigenvalue weighted by Gasteiger charge is -1.93. The van der Waals surface area contributed by atoms with E-state index in [1.165, 1.54) is 23.5 Å². The van der Waals surface area contributed by atoms with Gasteiger partial charge in [-0.2, -0.15) is 0 Å². The van der Waals surface area contributed by atoms with Crippen LogP contribution < -0.4 is 16.5 Å². The number of thiazole rings is 1. The number of rotatable bonds is 3. The van der Waals surface area contributed by atoms with E-state index < -0.39 is 4.92 Å². The first kappa shape index (κ1) is 12.0. The Balaban J connectivity index is 2.29. The van der Waals surface area contributed by atoms with Crippen molar-refractivity contribution in [3.63, 3.8) is 0 Å².